The summed E-state index contributed by atoms with van der Waals surface area (Å²) in [5, 5.41) is 9.87. The molecule has 1 saturated heterocycles. The molecule has 2 atom stereocenters. The quantitative estimate of drug-likeness (QED) is 0.475. The Bertz CT molecular complexity index is 1120. The second kappa shape index (κ2) is 9.22. The lowest BCUT2D eigenvalue weighted by Crippen LogP contribution is -2.54. The third-order valence-corrected chi connectivity index (χ3v) is 5.78. The van der Waals surface area contributed by atoms with Gasteiger partial charge in [0.25, 0.3) is 5.91 Å². The van der Waals surface area contributed by atoms with Gasteiger partial charge in [0.1, 0.15) is 6.04 Å². The standard InChI is InChI=1S/C23H23ClN4O3/c24-18-7-3-1-6-17(18)22(30)28-20(23(31)27-15-9-10-21(29)26-13-15)11-14-12-25-19-8-4-2-5-16(14)19/h1-8,12,15,20,25H,9-11,13H2,(H,26,29)(H,27,31)(H,28,30). The molecule has 1 aromatic heterocycles. The van der Waals surface area contributed by atoms with E-state index < -0.39 is 11.9 Å². The molecule has 31 heavy (non-hydrogen) atoms. The fourth-order valence-corrected chi connectivity index (χ4v) is 3.99. The van der Waals surface area contributed by atoms with E-state index in [0.29, 0.717) is 36.4 Å². The Kier molecular flexibility index (Phi) is 6.23. The summed E-state index contributed by atoms with van der Waals surface area (Å²) in [5.74, 6) is -0.734. The van der Waals surface area contributed by atoms with Crippen LogP contribution < -0.4 is 16.0 Å². The van der Waals surface area contributed by atoms with Crippen LogP contribution in [0.15, 0.2) is 54.7 Å². The molecule has 2 aromatic carbocycles. The Morgan fingerprint density at radius 3 is 2.68 bits per heavy atom. The molecular formula is C23H23ClN4O3. The summed E-state index contributed by atoms with van der Waals surface area (Å²) in [6.07, 6.45) is 3.10. The molecule has 0 spiro atoms. The van der Waals surface area contributed by atoms with Crippen molar-refractivity contribution in [2.24, 2.45) is 0 Å². The Labute approximate surface area is 184 Å². The molecular weight excluding hydrogens is 416 g/mol. The van der Waals surface area contributed by atoms with Crippen molar-refractivity contribution in [1.29, 1.82) is 0 Å². The van der Waals surface area contributed by atoms with Gasteiger partial charge in [-0.3, -0.25) is 14.4 Å². The minimum absolute atomic E-state index is 0.0205. The number of benzene rings is 2. The summed E-state index contributed by atoms with van der Waals surface area (Å²) in [5.41, 5.74) is 2.20. The van der Waals surface area contributed by atoms with Gasteiger partial charge in [-0.25, -0.2) is 0 Å². The summed E-state index contributed by atoms with van der Waals surface area (Å²) < 4.78 is 0. The molecule has 7 nitrogen and oxygen atoms in total. The Morgan fingerprint density at radius 2 is 1.90 bits per heavy atom. The third-order valence-electron chi connectivity index (χ3n) is 5.45. The van der Waals surface area contributed by atoms with Crippen molar-refractivity contribution in [3.63, 3.8) is 0 Å². The first-order valence-electron chi connectivity index (χ1n) is 10.2. The van der Waals surface area contributed by atoms with Crippen LogP contribution in [0.3, 0.4) is 0 Å². The van der Waals surface area contributed by atoms with E-state index in [0.717, 1.165) is 16.5 Å². The van der Waals surface area contributed by atoms with E-state index >= 15 is 0 Å². The summed E-state index contributed by atoms with van der Waals surface area (Å²) in [6, 6.07) is 13.5. The first-order valence-corrected chi connectivity index (χ1v) is 10.6. The largest absolute Gasteiger partial charge is 0.361 e. The van der Waals surface area contributed by atoms with Crippen LogP contribution >= 0.6 is 11.6 Å². The lowest BCUT2D eigenvalue weighted by Gasteiger charge is -2.26. The van der Waals surface area contributed by atoms with Crippen molar-refractivity contribution >= 4 is 40.2 Å². The highest BCUT2D eigenvalue weighted by atomic mass is 35.5. The predicted molar refractivity (Wildman–Crippen MR) is 119 cm³/mol. The zero-order valence-electron chi connectivity index (χ0n) is 16.8. The molecule has 0 bridgehead atoms. The van der Waals surface area contributed by atoms with Crippen LogP contribution in [0.25, 0.3) is 10.9 Å². The van der Waals surface area contributed by atoms with Gasteiger partial charge < -0.3 is 20.9 Å². The molecule has 4 N–H and O–H groups in total. The van der Waals surface area contributed by atoms with Crippen molar-refractivity contribution in [2.45, 2.75) is 31.3 Å². The van der Waals surface area contributed by atoms with E-state index in [1.54, 1.807) is 24.3 Å². The van der Waals surface area contributed by atoms with E-state index in [2.05, 4.69) is 20.9 Å². The summed E-state index contributed by atoms with van der Waals surface area (Å²) >= 11 is 6.17. The number of halogens is 1. The molecule has 3 amide bonds. The van der Waals surface area contributed by atoms with Crippen LogP contribution in [-0.2, 0) is 16.0 Å². The summed E-state index contributed by atoms with van der Waals surface area (Å²) in [6.45, 7) is 0.378. The topological polar surface area (TPSA) is 103 Å². The number of aromatic amines is 1. The maximum atomic E-state index is 13.1. The van der Waals surface area contributed by atoms with Gasteiger partial charge in [-0.05, 0) is 30.2 Å². The first kappa shape index (κ1) is 20.9. The Morgan fingerprint density at radius 1 is 1.13 bits per heavy atom. The van der Waals surface area contributed by atoms with Crippen LogP contribution in [0, 0.1) is 0 Å². The smallest absolute Gasteiger partial charge is 0.253 e. The van der Waals surface area contributed by atoms with Gasteiger partial charge >= 0.3 is 0 Å². The highest BCUT2D eigenvalue weighted by Crippen LogP contribution is 2.20. The molecule has 0 saturated carbocycles. The van der Waals surface area contributed by atoms with E-state index in [-0.39, 0.29) is 17.9 Å². The lowest BCUT2D eigenvalue weighted by atomic mass is 10.0. The summed E-state index contributed by atoms with van der Waals surface area (Å²) in [7, 11) is 0. The molecule has 2 heterocycles. The fourth-order valence-electron chi connectivity index (χ4n) is 3.77. The molecule has 1 fully saturated rings. The van der Waals surface area contributed by atoms with Gasteiger partial charge in [0, 0.05) is 42.5 Å². The maximum Gasteiger partial charge on any atom is 0.253 e. The molecule has 4 rings (SSSR count). The second-order valence-corrected chi connectivity index (χ2v) is 8.02. The molecule has 1 aliphatic rings. The van der Waals surface area contributed by atoms with E-state index in [9.17, 15) is 14.4 Å². The average Bonchev–Trinajstić information content (AvgIpc) is 3.18. The third kappa shape index (κ3) is 4.88. The number of fused-ring (bicyclic) bond motifs is 1. The minimum Gasteiger partial charge on any atom is -0.361 e. The lowest BCUT2D eigenvalue weighted by molar-refractivity contribution is -0.126. The number of H-pyrrole nitrogens is 1. The zero-order chi connectivity index (χ0) is 21.8. The second-order valence-electron chi connectivity index (χ2n) is 7.62. The SMILES string of the molecule is O=C1CCC(NC(=O)C(Cc2c[nH]c3ccccc23)NC(=O)c2ccccc2Cl)CN1. The van der Waals surface area contributed by atoms with Crippen LogP contribution in [0.5, 0.6) is 0 Å². The maximum absolute atomic E-state index is 13.1. The number of piperidine rings is 1. The van der Waals surface area contributed by atoms with E-state index in [1.165, 1.54) is 0 Å². The van der Waals surface area contributed by atoms with E-state index in [4.69, 9.17) is 11.6 Å². The normalized spacial score (nSPS) is 17.1. The molecule has 0 radical (unpaired) electrons. The average molecular weight is 439 g/mol. The van der Waals surface area contributed by atoms with Crippen molar-refractivity contribution in [3.8, 4) is 0 Å². The number of rotatable bonds is 6. The number of hydrogen-bond donors (Lipinski definition) is 4. The highest BCUT2D eigenvalue weighted by molar-refractivity contribution is 6.33. The van der Waals surface area contributed by atoms with Crippen molar-refractivity contribution in [1.82, 2.24) is 20.9 Å². The van der Waals surface area contributed by atoms with Crippen LogP contribution in [-0.4, -0.2) is 41.3 Å². The molecule has 8 heteroatoms. The number of aromatic nitrogens is 1. The van der Waals surface area contributed by atoms with Crippen molar-refractivity contribution in [2.75, 3.05) is 6.54 Å². The molecule has 160 valence electrons. The summed E-state index contributed by atoms with van der Waals surface area (Å²) in [4.78, 5) is 40.6. The monoisotopic (exact) mass is 438 g/mol. The number of amides is 3. The minimum atomic E-state index is -0.805. The number of para-hydroxylation sites is 1. The van der Waals surface area contributed by atoms with Crippen LogP contribution in [0.2, 0.25) is 5.02 Å². The van der Waals surface area contributed by atoms with Gasteiger partial charge in [0.05, 0.1) is 10.6 Å². The molecule has 1 aliphatic heterocycles. The van der Waals surface area contributed by atoms with Gasteiger partial charge in [-0.2, -0.15) is 0 Å². The Balaban J connectivity index is 1.55. The van der Waals surface area contributed by atoms with Crippen LogP contribution in [0.4, 0.5) is 0 Å². The number of nitrogens with one attached hydrogen (secondary N) is 4. The fraction of sp³-hybridized carbons (Fsp3) is 0.261. The highest BCUT2D eigenvalue weighted by Gasteiger charge is 2.27. The molecule has 3 aromatic rings. The predicted octanol–water partition coefficient (Wildman–Crippen LogP) is 2.56. The van der Waals surface area contributed by atoms with Gasteiger partial charge in [-0.15, -0.1) is 0 Å². The van der Waals surface area contributed by atoms with Gasteiger partial charge in [0.2, 0.25) is 11.8 Å². The molecule has 2 unspecified atom stereocenters. The van der Waals surface area contributed by atoms with Gasteiger partial charge in [0.15, 0.2) is 0 Å². The van der Waals surface area contributed by atoms with Crippen molar-refractivity contribution in [3.05, 3.63) is 70.9 Å². The number of carbonyl (C=O) groups excluding carboxylic acids is 3. The number of hydrogen-bond acceptors (Lipinski definition) is 3. The first-order chi connectivity index (χ1) is 15.0. The zero-order valence-corrected chi connectivity index (χ0v) is 17.5. The van der Waals surface area contributed by atoms with Gasteiger partial charge in [-0.1, -0.05) is 41.9 Å². The number of carbonyl (C=O) groups is 3. The Hall–Kier alpha value is -3.32. The molecule has 0 aliphatic carbocycles. The van der Waals surface area contributed by atoms with E-state index in [1.807, 2.05) is 30.5 Å². The van der Waals surface area contributed by atoms with Crippen LogP contribution in [0.1, 0.15) is 28.8 Å². The van der Waals surface area contributed by atoms with Crippen molar-refractivity contribution < 1.29 is 14.4 Å².